The number of ether oxygens (including phenoxy) is 1. The number of hydrazone groups is 1. The van der Waals surface area contributed by atoms with Crippen molar-refractivity contribution >= 4 is 21.6 Å². The largest absolute Gasteiger partial charge is 0.377 e. The van der Waals surface area contributed by atoms with Gasteiger partial charge in [-0.25, -0.2) is 18.6 Å². The summed E-state index contributed by atoms with van der Waals surface area (Å²) in [5, 5.41) is 4.36. The van der Waals surface area contributed by atoms with Gasteiger partial charge in [-0.3, -0.25) is 4.79 Å². The molecule has 0 saturated carbocycles. The van der Waals surface area contributed by atoms with Gasteiger partial charge in [0.05, 0.1) is 16.7 Å². The minimum atomic E-state index is -3.77. The van der Waals surface area contributed by atoms with Crippen LogP contribution in [0.2, 0.25) is 0 Å². The Balaban J connectivity index is 1.52. The van der Waals surface area contributed by atoms with Crippen molar-refractivity contribution in [3.63, 3.8) is 0 Å². The van der Waals surface area contributed by atoms with Crippen molar-refractivity contribution in [3.8, 4) is 0 Å². The Morgan fingerprint density at radius 1 is 0.909 bits per heavy atom. The lowest BCUT2D eigenvalue weighted by Crippen LogP contribution is -2.32. The van der Waals surface area contributed by atoms with E-state index in [2.05, 4.69) is 15.2 Å². The highest BCUT2D eigenvalue weighted by Crippen LogP contribution is 2.15. The lowest BCUT2D eigenvalue weighted by Gasteiger charge is -2.12. The Hall–Kier alpha value is -3.33. The lowest BCUT2D eigenvalue weighted by atomic mass is 10.0. The highest BCUT2D eigenvalue weighted by atomic mass is 32.2. The molecule has 1 aliphatic heterocycles. The lowest BCUT2D eigenvalue weighted by molar-refractivity contribution is 0.0954. The second-order valence-electron chi connectivity index (χ2n) is 7.65. The molecule has 0 aromatic heterocycles. The number of rotatable bonds is 8. The Kier molecular flexibility index (Phi) is 7.29. The van der Waals surface area contributed by atoms with Crippen LogP contribution in [0.5, 0.6) is 0 Å². The van der Waals surface area contributed by atoms with Gasteiger partial charge >= 0.3 is 0 Å². The fraction of sp³-hybridized carbons (Fsp3) is 0.200. The van der Waals surface area contributed by atoms with E-state index >= 15 is 0 Å². The highest BCUT2D eigenvalue weighted by Gasteiger charge is 2.21. The van der Waals surface area contributed by atoms with Crippen LogP contribution < -0.4 is 10.1 Å². The molecule has 1 fully saturated rings. The van der Waals surface area contributed by atoms with Gasteiger partial charge in [-0.05, 0) is 31.0 Å². The maximum absolute atomic E-state index is 12.8. The number of hydrogen-bond donors (Lipinski definition) is 2. The zero-order chi connectivity index (χ0) is 23.1. The van der Waals surface area contributed by atoms with Crippen molar-refractivity contribution in [2.24, 2.45) is 5.10 Å². The number of nitrogens with zero attached hydrogens (tertiary/aromatic N) is 1. The number of hydrogen-bond acceptors (Lipinski definition) is 5. The van der Waals surface area contributed by atoms with Gasteiger partial charge in [0.25, 0.3) is 5.91 Å². The van der Waals surface area contributed by atoms with Crippen molar-refractivity contribution in [1.82, 2.24) is 10.1 Å². The van der Waals surface area contributed by atoms with Gasteiger partial charge < -0.3 is 4.74 Å². The van der Waals surface area contributed by atoms with Crippen molar-refractivity contribution in [3.05, 3.63) is 102 Å². The summed E-state index contributed by atoms with van der Waals surface area (Å²) < 4.78 is 33.4. The summed E-state index contributed by atoms with van der Waals surface area (Å²) in [5.41, 5.74) is 5.05. The molecule has 4 rings (SSSR count). The van der Waals surface area contributed by atoms with Crippen LogP contribution in [0.4, 0.5) is 0 Å². The van der Waals surface area contributed by atoms with Gasteiger partial charge in [-0.1, -0.05) is 66.7 Å². The topological polar surface area (TPSA) is 96.9 Å². The average molecular weight is 464 g/mol. The number of benzene rings is 3. The van der Waals surface area contributed by atoms with E-state index in [1.165, 1.54) is 18.2 Å². The van der Waals surface area contributed by atoms with Crippen LogP contribution in [0.3, 0.4) is 0 Å². The molecule has 2 N–H and O–H groups in total. The van der Waals surface area contributed by atoms with E-state index in [-0.39, 0.29) is 23.1 Å². The van der Waals surface area contributed by atoms with Gasteiger partial charge in [-0.15, -0.1) is 0 Å². The molecule has 33 heavy (non-hydrogen) atoms. The number of carbonyl (C=O) groups excluding carboxylic acids is 1. The van der Waals surface area contributed by atoms with Gasteiger partial charge in [0.1, 0.15) is 0 Å². The molecule has 3 aromatic carbocycles. The summed E-state index contributed by atoms with van der Waals surface area (Å²) in [6, 6.07) is 24.9. The molecular formula is C25H25N3O4S. The highest BCUT2D eigenvalue weighted by molar-refractivity contribution is 7.89. The fourth-order valence-electron chi connectivity index (χ4n) is 3.55. The average Bonchev–Trinajstić information content (AvgIpc) is 3.38. The third-order valence-corrected chi connectivity index (χ3v) is 6.72. The van der Waals surface area contributed by atoms with Crippen LogP contribution in [0, 0.1) is 0 Å². The third kappa shape index (κ3) is 5.92. The summed E-state index contributed by atoms with van der Waals surface area (Å²) in [7, 11) is -3.77. The Labute approximate surface area is 193 Å². The summed E-state index contributed by atoms with van der Waals surface area (Å²) in [6.45, 7) is 0.858. The Bertz CT molecular complexity index is 1180. The normalized spacial score (nSPS) is 15.7. The molecule has 0 spiro atoms. The van der Waals surface area contributed by atoms with Crippen LogP contribution in [-0.2, 0) is 14.8 Å². The quantitative estimate of drug-likeness (QED) is 0.396. The molecule has 0 aliphatic carbocycles. The minimum absolute atomic E-state index is 0.0171. The smallest absolute Gasteiger partial charge is 0.271 e. The minimum Gasteiger partial charge on any atom is -0.377 e. The van der Waals surface area contributed by atoms with E-state index in [0.29, 0.717) is 12.3 Å². The predicted molar refractivity (Wildman–Crippen MR) is 127 cm³/mol. The first kappa shape index (κ1) is 22.8. The standard InChI is InChI=1S/C25H25N3O4S/c29-25(28-27-24(19-9-3-1-4-10-19)20-11-5-2-6-12-20)21-13-7-15-23(17-21)33(30,31)26-18-22-14-8-16-32-22/h1-7,9-13,15,17,22,26H,8,14,16,18H2,(H,28,29)/t22-/m0/s1. The van der Waals surface area contributed by atoms with Crippen molar-refractivity contribution in [2.75, 3.05) is 13.2 Å². The molecule has 8 heteroatoms. The SMILES string of the molecule is O=C(NN=C(c1ccccc1)c1ccccc1)c1cccc(S(=O)(=O)NC[C@@H]2CCCO2)c1. The van der Waals surface area contributed by atoms with Gasteiger partial charge in [-0.2, -0.15) is 5.10 Å². The van der Waals surface area contributed by atoms with Crippen LogP contribution in [0.25, 0.3) is 0 Å². The first-order chi connectivity index (χ1) is 16.0. The molecule has 1 heterocycles. The van der Waals surface area contributed by atoms with Gasteiger partial charge in [0.2, 0.25) is 10.0 Å². The van der Waals surface area contributed by atoms with Crippen LogP contribution in [0.15, 0.2) is 94.9 Å². The molecule has 1 aliphatic rings. The van der Waals surface area contributed by atoms with Crippen LogP contribution in [-0.4, -0.2) is 39.3 Å². The van der Waals surface area contributed by atoms with Crippen LogP contribution in [0.1, 0.15) is 34.3 Å². The second-order valence-corrected chi connectivity index (χ2v) is 9.42. The molecule has 3 aromatic rings. The van der Waals surface area contributed by atoms with E-state index in [0.717, 1.165) is 24.0 Å². The predicted octanol–water partition coefficient (Wildman–Crippen LogP) is 3.33. The second kappa shape index (κ2) is 10.5. The summed E-state index contributed by atoms with van der Waals surface area (Å²) in [6.07, 6.45) is 1.64. The van der Waals surface area contributed by atoms with Gasteiger partial charge in [0.15, 0.2) is 0 Å². The van der Waals surface area contributed by atoms with E-state index in [4.69, 9.17) is 4.74 Å². The van der Waals surface area contributed by atoms with Crippen molar-refractivity contribution in [2.45, 2.75) is 23.8 Å². The zero-order valence-corrected chi connectivity index (χ0v) is 18.8. The van der Waals surface area contributed by atoms with Gasteiger partial charge in [0, 0.05) is 29.8 Å². The molecule has 7 nitrogen and oxygen atoms in total. The molecule has 0 radical (unpaired) electrons. The monoisotopic (exact) mass is 463 g/mol. The number of sulfonamides is 1. The van der Waals surface area contributed by atoms with Crippen molar-refractivity contribution in [1.29, 1.82) is 0 Å². The Morgan fingerprint density at radius 2 is 1.55 bits per heavy atom. The summed E-state index contributed by atoms with van der Waals surface area (Å²) in [5.74, 6) is -0.504. The van der Waals surface area contributed by atoms with Crippen molar-refractivity contribution < 1.29 is 17.9 Å². The maximum Gasteiger partial charge on any atom is 0.271 e. The van der Waals surface area contributed by atoms with E-state index in [9.17, 15) is 13.2 Å². The maximum atomic E-state index is 12.8. The van der Waals surface area contributed by atoms with E-state index in [1.54, 1.807) is 6.07 Å². The molecule has 170 valence electrons. The first-order valence-corrected chi connectivity index (χ1v) is 12.2. The fourth-order valence-corrected chi connectivity index (χ4v) is 4.67. The molecule has 0 unspecified atom stereocenters. The summed E-state index contributed by atoms with van der Waals surface area (Å²) in [4.78, 5) is 12.8. The molecular weight excluding hydrogens is 438 g/mol. The summed E-state index contributed by atoms with van der Waals surface area (Å²) >= 11 is 0. The van der Waals surface area contributed by atoms with E-state index < -0.39 is 15.9 Å². The van der Waals surface area contributed by atoms with E-state index in [1.807, 2.05) is 60.7 Å². The third-order valence-electron chi connectivity index (χ3n) is 5.30. The number of amides is 1. The number of nitrogens with one attached hydrogen (secondary N) is 2. The zero-order valence-electron chi connectivity index (χ0n) is 18.0. The molecule has 1 atom stereocenters. The molecule has 1 amide bonds. The molecule has 1 saturated heterocycles. The molecule has 0 bridgehead atoms. The number of carbonyl (C=O) groups is 1. The first-order valence-electron chi connectivity index (χ1n) is 10.7. The van der Waals surface area contributed by atoms with Crippen LogP contribution >= 0.6 is 0 Å². The Morgan fingerprint density at radius 3 is 2.15 bits per heavy atom.